The Morgan fingerprint density at radius 3 is 2.81 bits per heavy atom. The van der Waals surface area contributed by atoms with Gasteiger partial charge < -0.3 is 10.1 Å². The van der Waals surface area contributed by atoms with E-state index >= 15 is 0 Å². The second kappa shape index (κ2) is 7.51. The van der Waals surface area contributed by atoms with E-state index in [0.29, 0.717) is 6.04 Å². The first-order valence-electron chi connectivity index (χ1n) is 8.30. The van der Waals surface area contributed by atoms with Crippen LogP contribution in [-0.2, 0) is 0 Å². The maximum Gasteiger partial charge on any atom is 0.125 e. The average molecular weight is 310 g/mol. The molecule has 1 aromatic rings. The summed E-state index contributed by atoms with van der Waals surface area (Å²) in [6.45, 7) is 7.71. The topological polar surface area (TPSA) is 21.3 Å². The van der Waals surface area contributed by atoms with Crippen LogP contribution in [-0.4, -0.2) is 12.1 Å². The molecule has 0 saturated heterocycles. The zero-order valence-electron chi connectivity index (χ0n) is 13.5. The van der Waals surface area contributed by atoms with Crippen molar-refractivity contribution in [3.63, 3.8) is 0 Å². The van der Waals surface area contributed by atoms with Crippen LogP contribution in [0.1, 0.15) is 70.9 Å². The molecule has 2 nitrogen and oxygen atoms in total. The first-order chi connectivity index (χ1) is 10.1. The third-order valence-electron chi connectivity index (χ3n) is 4.51. The van der Waals surface area contributed by atoms with E-state index in [1.54, 1.807) is 0 Å². The molecule has 1 aliphatic heterocycles. The van der Waals surface area contributed by atoms with Crippen LogP contribution < -0.4 is 10.1 Å². The number of rotatable bonds is 7. The van der Waals surface area contributed by atoms with Crippen molar-refractivity contribution >= 4 is 11.6 Å². The molecule has 0 bridgehead atoms. The van der Waals surface area contributed by atoms with Gasteiger partial charge in [-0.05, 0) is 44.5 Å². The van der Waals surface area contributed by atoms with Crippen molar-refractivity contribution in [1.29, 1.82) is 0 Å². The Hall–Kier alpha value is -0.730. The highest BCUT2D eigenvalue weighted by Crippen LogP contribution is 2.41. The van der Waals surface area contributed by atoms with Gasteiger partial charge in [-0.1, -0.05) is 44.7 Å². The fourth-order valence-electron chi connectivity index (χ4n) is 2.96. The Balaban J connectivity index is 2.06. The highest BCUT2D eigenvalue weighted by molar-refractivity contribution is 6.30. The van der Waals surface area contributed by atoms with Crippen molar-refractivity contribution in [2.45, 2.75) is 70.9 Å². The molecule has 0 spiro atoms. The highest BCUT2D eigenvalue weighted by atomic mass is 35.5. The Bertz CT molecular complexity index is 463. The molecule has 0 fully saturated rings. The van der Waals surface area contributed by atoms with Gasteiger partial charge in [-0.15, -0.1) is 0 Å². The van der Waals surface area contributed by atoms with Crippen LogP contribution in [0.2, 0.25) is 5.02 Å². The van der Waals surface area contributed by atoms with Gasteiger partial charge in [0.2, 0.25) is 0 Å². The van der Waals surface area contributed by atoms with Gasteiger partial charge in [0.05, 0.1) is 0 Å². The zero-order chi connectivity index (χ0) is 15.3. The SMILES string of the molecule is CCCCCCNC1CC(C)(CC)Oc2ccc(Cl)cc21. The lowest BCUT2D eigenvalue weighted by atomic mass is 9.86. The molecule has 1 aliphatic rings. The molecule has 118 valence electrons. The van der Waals surface area contributed by atoms with E-state index in [0.717, 1.165) is 30.2 Å². The van der Waals surface area contributed by atoms with E-state index in [9.17, 15) is 0 Å². The molecular formula is C18H28ClNO. The molecule has 2 atom stereocenters. The van der Waals surface area contributed by atoms with Gasteiger partial charge in [-0.3, -0.25) is 0 Å². The quantitative estimate of drug-likeness (QED) is 0.671. The molecular weight excluding hydrogens is 282 g/mol. The summed E-state index contributed by atoms with van der Waals surface area (Å²) in [6.07, 6.45) is 7.17. The summed E-state index contributed by atoms with van der Waals surface area (Å²) in [5.74, 6) is 0.987. The molecule has 1 N–H and O–H groups in total. The van der Waals surface area contributed by atoms with Crippen LogP contribution in [0.25, 0.3) is 0 Å². The third kappa shape index (κ3) is 4.37. The van der Waals surface area contributed by atoms with Gasteiger partial charge in [0, 0.05) is 23.0 Å². The molecule has 0 aromatic heterocycles. The second-order valence-corrected chi connectivity index (χ2v) is 6.80. The summed E-state index contributed by atoms with van der Waals surface area (Å²) >= 11 is 6.17. The van der Waals surface area contributed by atoms with Crippen LogP contribution in [0.15, 0.2) is 18.2 Å². The maximum atomic E-state index is 6.20. The number of fused-ring (bicyclic) bond motifs is 1. The summed E-state index contributed by atoms with van der Waals surface area (Å²) < 4.78 is 6.20. The van der Waals surface area contributed by atoms with Crippen molar-refractivity contribution in [1.82, 2.24) is 5.32 Å². The lowest BCUT2D eigenvalue weighted by Gasteiger charge is -2.40. The second-order valence-electron chi connectivity index (χ2n) is 6.36. The minimum atomic E-state index is -0.0814. The number of benzene rings is 1. The van der Waals surface area contributed by atoms with Crippen molar-refractivity contribution in [2.75, 3.05) is 6.54 Å². The van der Waals surface area contributed by atoms with E-state index in [2.05, 4.69) is 32.2 Å². The largest absolute Gasteiger partial charge is 0.487 e. The first-order valence-corrected chi connectivity index (χ1v) is 8.67. The molecule has 0 saturated carbocycles. The summed E-state index contributed by atoms with van der Waals surface area (Å²) in [4.78, 5) is 0. The predicted molar refractivity (Wildman–Crippen MR) is 90.3 cm³/mol. The molecule has 21 heavy (non-hydrogen) atoms. The third-order valence-corrected chi connectivity index (χ3v) is 4.74. The molecule has 2 unspecified atom stereocenters. The summed E-state index contributed by atoms with van der Waals surface area (Å²) in [7, 11) is 0. The minimum absolute atomic E-state index is 0.0814. The van der Waals surface area contributed by atoms with Gasteiger partial charge in [0.15, 0.2) is 0 Å². The smallest absolute Gasteiger partial charge is 0.125 e. The average Bonchev–Trinajstić information content (AvgIpc) is 2.47. The number of unbranched alkanes of at least 4 members (excludes halogenated alkanes) is 3. The minimum Gasteiger partial charge on any atom is -0.487 e. The number of halogens is 1. The van der Waals surface area contributed by atoms with Gasteiger partial charge in [0.1, 0.15) is 11.4 Å². The molecule has 2 rings (SSSR count). The Labute approximate surface area is 134 Å². The van der Waals surface area contributed by atoms with E-state index in [1.165, 1.54) is 31.2 Å². The van der Waals surface area contributed by atoms with Crippen molar-refractivity contribution in [3.05, 3.63) is 28.8 Å². The normalized spacial score (nSPS) is 24.5. The highest BCUT2D eigenvalue weighted by Gasteiger charge is 2.35. The fourth-order valence-corrected chi connectivity index (χ4v) is 3.14. The van der Waals surface area contributed by atoms with E-state index in [4.69, 9.17) is 16.3 Å². The molecule has 1 heterocycles. The van der Waals surface area contributed by atoms with E-state index < -0.39 is 0 Å². The zero-order valence-corrected chi connectivity index (χ0v) is 14.3. The van der Waals surface area contributed by atoms with Gasteiger partial charge in [-0.2, -0.15) is 0 Å². The van der Waals surface area contributed by atoms with Gasteiger partial charge >= 0.3 is 0 Å². The van der Waals surface area contributed by atoms with Crippen molar-refractivity contribution < 1.29 is 4.74 Å². The number of nitrogens with one attached hydrogen (secondary N) is 1. The molecule has 3 heteroatoms. The molecule has 0 radical (unpaired) electrons. The van der Waals surface area contributed by atoms with E-state index in [1.807, 2.05) is 12.1 Å². The van der Waals surface area contributed by atoms with Crippen LogP contribution in [0.3, 0.4) is 0 Å². The first kappa shape index (κ1) is 16.6. The van der Waals surface area contributed by atoms with Gasteiger partial charge in [-0.25, -0.2) is 0 Å². The number of hydrogen-bond acceptors (Lipinski definition) is 2. The Kier molecular flexibility index (Phi) is 5.95. The lowest BCUT2D eigenvalue weighted by molar-refractivity contribution is 0.0442. The summed E-state index contributed by atoms with van der Waals surface area (Å²) in [6, 6.07) is 6.32. The van der Waals surface area contributed by atoms with Crippen molar-refractivity contribution in [2.24, 2.45) is 0 Å². The Morgan fingerprint density at radius 1 is 1.29 bits per heavy atom. The van der Waals surface area contributed by atoms with Crippen LogP contribution in [0, 0.1) is 0 Å². The predicted octanol–water partition coefficient (Wildman–Crippen LogP) is 5.50. The van der Waals surface area contributed by atoms with Crippen LogP contribution >= 0.6 is 11.6 Å². The summed E-state index contributed by atoms with van der Waals surface area (Å²) in [5.41, 5.74) is 1.13. The number of ether oxygens (including phenoxy) is 1. The summed E-state index contributed by atoms with van der Waals surface area (Å²) in [5, 5.41) is 4.50. The monoisotopic (exact) mass is 309 g/mol. The van der Waals surface area contributed by atoms with Crippen LogP contribution in [0.5, 0.6) is 5.75 Å². The molecule has 1 aromatic carbocycles. The molecule has 0 amide bonds. The Morgan fingerprint density at radius 2 is 2.10 bits per heavy atom. The van der Waals surface area contributed by atoms with Crippen LogP contribution in [0.4, 0.5) is 0 Å². The maximum absolute atomic E-state index is 6.20. The van der Waals surface area contributed by atoms with Gasteiger partial charge in [0.25, 0.3) is 0 Å². The fraction of sp³-hybridized carbons (Fsp3) is 0.667. The standard InChI is InChI=1S/C18H28ClNO/c1-4-6-7-8-11-20-16-13-18(3,5-2)21-17-10-9-14(19)12-15(16)17/h9-10,12,16,20H,4-8,11,13H2,1-3H3. The van der Waals surface area contributed by atoms with Crippen molar-refractivity contribution in [3.8, 4) is 5.75 Å². The number of hydrogen-bond donors (Lipinski definition) is 1. The lowest BCUT2D eigenvalue weighted by Crippen LogP contribution is -2.41. The molecule has 0 aliphatic carbocycles. The van der Waals surface area contributed by atoms with E-state index in [-0.39, 0.29) is 5.60 Å².